The van der Waals surface area contributed by atoms with Gasteiger partial charge >= 0.3 is 0 Å². The van der Waals surface area contributed by atoms with Crippen LogP contribution in [0, 0.1) is 0 Å². The molecule has 0 aromatic heterocycles. The van der Waals surface area contributed by atoms with Gasteiger partial charge in [0.1, 0.15) is 5.75 Å². The summed E-state index contributed by atoms with van der Waals surface area (Å²) in [5, 5.41) is 0. The maximum atomic E-state index is 10.9. The summed E-state index contributed by atoms with van der Waals surface area (Å²) in [7, 11) is 0. The summed E-state index contributed by atoms with van der Waals surface area (Å²) in [5.74, 6) is 0.645. The quantitative estimate of drug-likeness (QED) is 0.587. The Labute approximate surface area is 121 Å². The number of carbonyl (C=O) groups excluding carboxylic acids is 1. The number of hydrogen-bond acceptors (Lipinski definition) is 2. The minimum Gasteiger partial charge on any atom is -0.493 e. The van der Waals surface area contributed by atoms with Gasteiger partial charge in [-0.25, -0.2) is 0 Å². The molecule has 0 bridgehead atoms. The highest BCUT2D eigenvalue weighted by Gasteiger charge is 2.03. The van der Waals surface area contributed by atoms with Gasteiger partial charge in [-0.2, -0.15) is 0 Å². The van der Waals surface area contributed by atoms with E-state index in [0.29, 0.717) is 17.9 Å². The normalized spacial score (nSPS) is 10.2. The van der Waals surface area contributed by atoms with Crippen LogP contribution < -0.4 is 4.74 Å². The van der Waals surface area contributed by atoms with Crippen LogP contribution in [0.1, 0.15) is 22.3 Å². The second kappa shape index (κ2) is 7.10. The van der Waals surface area contributed by atoms with E-state index in [2.05, 4.69) is 28.1 Å². The van der Waals surface area contributed by atoms with Gasteiger partial charge in [-0.15, -0.1) is 0 Å². The van der Waals surface area contributed by atoms with Gasteiger partial charge in [-0.1, -0.05) is 46.3 Å². The first kappa shape index (κ1) is 13.8. The van der Waals surface area contributed by atoms with Gasteiger partial charge in [-0.3, -0.25) is 4.79 Å². The molecule has 2 aromatic carbocycles. The Balaban J connectivity index is 1.84. The monoisotopic (exact) mass is 318 g/mol. The highest BCUT2D eigenvalue weighted by Crippen LogP contribution is 2.21. The van der Waals surface area contributed by atoms with Gasteiger partial charge in [0.05, 0.1) is 12.2 Å². The molecular formula is C16H15BrO2. The summed E-state index contributed by atoms with van der Waals surface area (Å²) in [5.41, 5.74) is 1.88. The van der Waals surface area contributed by atoms with E-state index in [0.717, 1.165) is 23.6 Å². The molecule has 98 valence electrons. The average Bonchev–Trinajstić information content (AvgIpc) is 2.46. The van der Waals surface area contributed by atoms with Gasteiger partial charge in [0, 0.05) is 4.47 Å². The molecule has 0 radical (unpaired) electrons. The van der Waals surface area contributed by atoms with Crippen molar-refractivity contribution < 1.29 is 9.53 Å². The molecule has 0 amide bonds. The van der Waals surface area contributed by atoms with E-state index in [1.807, 2.05) is 30.3 Å². The largest absolute Gasteiger partial charge is 0.493 e. The van der Waals surface area contributed by atoms with E-state index < -0.39 is 0 Å². The highest BCUT2D eigenvalue weighted by atomic mass is 79.9. The average molecular weight is 319 g/mol. The van der Waals surface area contributed by atoms with Crippen molar-refractivity contribution in [3.05, 3.63) is 64.1 Å². The predicted octanol–water partition coefficient (Wildman–Crippen LogP) is 4.27. The van der Waals surface area contributed by atoms with Crippen molar-refractivity contribution >= 4 is 22.2 Å². The molecule has 2 aromatic rings. The molecule has 0 unspecified atom stereocenters. The van der Waals surface area contributed by atoms with Crippen molar-refractivity contribution in [1.29, 1.82) is 0 Å². The summed E-state index contributed by atoms with van der Waals surface area (Å²) < 4.78 is 6.53. The summed E-state index contributed by atoms with van der Waals surface area (Å²) in [6.45, 7) is 0.608. The van der Waals surface area contributed by atoms with Crippen molar-refractivity contribution in [2.75, 3.05) is 6.61 Å². The summed E-state index contributed by atoms with van der Waals surface area (Å²) in [6, 6.07) is 15.8. The molecule has 0 heterocycles. The second-order valence-electron chi connectivity index (χ2n) is 4.24. The molecule has 0 spiro atoms. The number of hydrogen-bond donors (Lipinski definition) is 0. The lowest BCUT2D eigenvalue weighted by atomic mass is 10.1. The van der Waals surface area contributed by atoms with E-state index in [4.69, 9.17) is 4.74 Å². The molecule has 0 saturated heterocycles. The van der Waals surface area contributed by atoms with Gasteiger partial charge in [0.15, 0.2) is 6.29 Å². The zero-order chi connectivity index (χ0) is 13.5. The Hall–Kier alpha value is -1.61. The number of aryl methyl sites for hydroxylation is 1. The van der Waals surface area contributed by atoms with Gasteiger partial charge in [0.25, 0.3) is 0 Å². The van der Waals surface area contributed by atoms with Crippen LogP contribution in [0.15, 0.2) is 53.0 Å². The van der Waals surface area contributed by atoms with Gasteiger partial charge < -0.3 is 4.74 Å². The molecule has 2 rings (SSSR count). The fraction of sp³-hybridized carbons (Fsp3) is 0.188. The van der Waals surface area contributed by atoms with Crippen LogP contribution >= 0.6 is 15.9 Å². The smallest absolute Gasteiger partial charge is 0.153 e. The molecule has 0 aliphatic heterocycles. The van der Waals surface area contributed by atoms with Crippen LogP contribution in [0.4, 0.5) is 0 Å². The zero-order valence-electron chi connectivity index (χ0n) is 10.5. The van der Waals surface area contributed by atoms with Crippen molar-refractivity contribution in [3.63, 3.8) is 0 Å². The Morgan fingerprint density at radius 3 is 2.63 bits per heavy atom. The summed E-state index contributed by atoms with van der Waals surface area (Å²) >= 11 is 3.34. The number of aldehydes is 1. The van der Waals surface area contributed by atoms with Crippen LogP contribution in [0.25, 0.3) is 0 Å². The van der Waals surface area contributed by atoms with Crippen LogP contribution in [0.3, 0.4) is 0 Å². The maximum Gasteiger partial charge on any atom is 0.153 e. The minimum atomic E-state index is 0.578. The molecule has 0 aliphatic rings. The van der Waals surface area contributed by atoms with Gasteiger partial charge in [-0.05, 0) is 36.6 Å². The van der Waals surface area contributed by atoms with Gasteiger partial charge in [0.2, 0.25) is 0 Å². The van der Waals surface area contributed by atoms with Crippen molar-refractivity contribution in [2.45, 2.75) is 12.8 Å². The van der Waals surface area contributed by atoms with Crippen LogP contribution in [0.2, 0.25) is 0 Å². The predicted molar refractivity (Wildman–Crippen MR) is 79.8 cm³/mol. The molecule has 3 heteroatoms. The number of rotatable bonds is 6. The van der Waals surface area contributed by atoms with E-state index in [9.17, 15) is 4.79 Å². The molecule has 19 heavy (non-hydrogen) atoms. The molecule has 0 saturated carbocycles. The first-order valence-electron chi connectivity index (χ1n) is 6.21. The van der Waals surface area contributed by atoms with Crippen LogP contribution in [0.5, 0.6) is 5.75 Å². The first-order chi connectivity index (χ1) is 9.29. The molecule has 0 N–H and O–H groups in total. The summed E-state index contributed by atoms with van der Waals surface area (Å²) in [4.78, 5) is 10.9. The fourth-order valence-electron chi connectivity index (χ4n) is 1.85. The van der Waals surface area contributed by atoms with E-state index in [1.54, 1.807) is 6.07 Å². The third kappa shape index (κ3) is 4.21. The number of ether oxygens (including phenoxy) is 1. The van der Waals surface area contributed by atoms with Crippen LogP contribution in [-0.4, -0.2) is 12.9 Å². The lowest BCUT2D eigenvalue weighted by Crippen LogP contribution is -2.01. The maximum absolute atomic E-state index is 10.9. The Morgan fingerprint density at radius 1 is 1.11 bits per heavy atom. The number of halogens is 1. The summed E-state index contributed by atoms with van der Waals surface area (Å²) in [6.07, 6.45) is 2.73. The minimum absolute atomic E-state index is 0.578. The Kier molecular flexibility index (Phi) is 5.16. The lowest BCUT2D eigenvalue weighted by molar-refractivity contribution is 0.111. The fourth-order valence-corrected chi connectivity index (χ4v) is 2.22. The SMILES string of the molecule is O=Cc1cc(Br)ccc1OCCCc1ccccc1. The molecule has 0 aliphatic carbocycles. The Bertz CT molecular complexity index is 538. The first-order valence-corrected chi connectivity index (χ1v) is 7.00. The van der Waals surface area contributed by atoms with Crippen LogP contribution in [-0.2, 0) is 6.42 Å². The van der Waals surface area contributed by atoms with E-state index in [1.165, 1.54) is 5.56 Å². The highest BCUT2D eigenvalue weighted by molar-refractivity contribution is 9.10. The lowest BCUT2D eigenvalue weighted by Gasteiger charge is -2.08. The zero-order valence-corrected chi connectivity index (χ0v) is 12.1. The second-order valence-corrected chi connectivity index (χ2v) is 5.15. The molecule has 0 atom stereocenters. The standard InChI is InChI=1S/C16H15BrO2/c17-15-8-9-16(14(11-15)12-18)19-10-4-7-13-5-2-1-3-6-13/h1-3,5-6,8-9,11-12H,4,7,10H2. The molecular weight excluding hydrogens is 304 g/mol. The van der Waals surface area contributed by atoms with Crippen molar-refractivity contribution in [2.24, 2.45) is 0 Å². The van der Waals surface area contributed by atoms with E-state index >= 15 is 0 Å². The Morgan fingerprint density at radius 2 is 1.89 bits per heavy atom. The van der Waals surface area contributed by atoms with Crippen molar-refractivity contribution in [3.8, 4) is 5.75 Å². The van der Waals surface area contributed by atoms with E-state index in [-0.39, 0.29) is 0 Å². The molecule has 0 fully saturated rings. The third-order valence-corrected chi connectivity index (χ3v) is 3.30. The topological polar surface area (TPSA) is 26.3 Å². The number of benzene rings is 2. The van der Waals surface area contributed by atoms with Crippen molar-refractivity contribution in [1.82, 2.24) is 0 Å². The molecule has 2 nitrogen and oxygen atoms in total. The third-order valence-electron chi connectivity index (χ3n) is 2.81. The number of carbonyl (C=O) groups is 1.